The molecule has 188 valence electrons. The fraction of sp³-hybridized carbons (Fsp3) is 0.654. The fourth-order valence-corrected chi connectivity index (χ4v) is 5.27. The summed E-state index contributed by atoms with van der Waals surface area (Å²) in [7, 11) is 4.66. The molecule has 8 nitrogen and oxygen atoms in total. The number of allylic oxidation sites excluding steroid dienone is 1. The molecule has 0 radical (unpaired) electrons. The molecule has 1 unspecified atom stereocenters. The van der Waals surface area contributed by atoms with Gasteiger partial charge in [-0.05, 0) is 46.5 Å². The van der Waals surface area contributed by atoms with Crippen LogP contribution in [0.15, 0.2) is 23.8 Å². The summed E-state index contributed by atoms with van der Waals surface area (Å²) in [4.78, 5) is 12.7. The van der Waals surface area contributed by atoms with Gasteiger partial charge in [-0.2, -0.15) is 0 Å². The molecule has 4 rings (SSSR count). The second-order valence-corrected chi connectivity index (χ2v) is 9.87. The van der Waals surface area contributed by atoms with Gasteiger partial charge in [0.05, 0.1) is 45.2 Å². The summed E-state index contributed by atoms with van der Waals surface area (Å²) >= 11 is 0. The molecule has 1 spiro atoms. The van der Waals surface area contributed by atoms with Crippen molar-refractivity contribution in [1.29, 1.82) is 0 Å². The summed E-state index contributed by atoms with van der Waals surface area (Å²) in [5.74, 6) is 1.46. The third kappa shape index (κ3) is 4.98. The van der Waals surface area contributed by atoms with Crippen LogP contribution in [0.3, 0.4) is 0 Å². The predicted octanol–water partition coefficient (Wildman–Crippen LogP) is 4.12. The first-order chi connectivity index (χ1) is 16.2. The van der Waals surface area contributed by atoms with Gasteiger partial charge in [0.25, 0.3) is 0 Å². The van der Waals surface area contributed by atoms with E-state index in [2.05, 4.69) is 32.2 Å². The number of hydrogen-bond acceptors (Lipinski definition) is 8. The van der Waals surface area contributed by atoms with Crippen molar-refractivity contribution in [2.75, 3.05) is 39.8 Å². The topological polar surface area (TPSA) is 91.1 Å². The van der Waals surface area contributed by atoms with Gasteiger partial charge in [0, 0.05) is 23.7 Å². The Bertz CT molecular complexity index is 912. The molecule has 1 saturated carbocycles. The van der Waals surface area contributed by atoms with Crippen LogP contribution in [-0.4, -0.2) is 63.9 Å². The van der Waals surface area contributed by atoms with Crippen LogP contribution in [0.25, 0.3) is 0 Å². The number of esters is 1. The van der Waals surface area contributed by atoms with Crippen molar-refractivity contribution < 1.29 is 33.2 Å². The van der Waals surface area contributed by atoms with Gasteiger partial charge in [-0.1, -0.05) is 11.6 Å². The lowest BCUT2D eigenvalue weighted by Crippen LogP contribution is -2.45. The Hall–Kier alpha value is -2.45. The Balaban J connectivity index is 1.34. The molecule has 2 heterocycles. The van der Waals surface area contributed by atoms with Gasteiger partial charge in [0.2, 0.25) is 5.75 Å². The molecule has 2 aliphatic heterocycles. The summed E-state index contributed by atoms with van der Waals surface area (Å²) in [6, 6.07) is 3.52. The van der Waals surface area contributed by atoms with E-state index in [4.69, 9.17) is 28.4 Å². The van der Waals surface area contributed by atoms with Crippen molar-refractivity contribution >= 4 is 11.7 Å². The Morgan fingerprint density at radius 3 is 2.41 bits per heavy atom. The van der Waals surface area contributed by atoms with Crippen molar-refractivity contribution in [1.82, 2.24) is 0 Å². The largest absolute Gasteiger partial charge is 0.493 e. The summed E-state index contributed by atoms with van der Waals surface area (Å²) in [6.45, 7) is 7.20. The highest BCUT2D eigenvalue weighted by molar-refractivity contribution is 5.76. The first kappa shape index (κ1) is 24.7. The van der Waals surface area contributed by atoms with Crippen LogP contribution in [0.2, 0.25) is 0 Å². The van der Waals surface area contributed by atoms with E-state index in [9.17, 15) is 4.79 Å². The second-order valence-electron chi connectivity index (χ2n) is 9.87. The van der Waals surface area contributed by atoms with Crippen LogP contribution in [0.5, 0.6) is 17.2 Å². The highest BCUT2D eigenvalue weighted by Crippen LogP contribution is 2.59. The van der Waals surface area contributed by atoms with Crippen LogP contribution in [-0.2, 0) is 19.0 Å². The van der Waals surface area contributed by atoms with Gasteiger partial charge < -0.3 is 33.7 Å². The molecule has 0 aromatic heterocycles. The lowest BCUT2D eigenvalue weighted by Gasteiger charge is -2.36. The average Bonchev–Trinajstić information content (AvgIpc) is 3.74. The molecule has 0 amide bonds. The Morgan fingerprint density at radius 2 is 1.85 bits per heavy atom. The number of carbonyl (C=O) groups excluding carboxylic acids is 1. The summed E-state index contributed by atoms with van der Waals surface area (Å²) in [6.07, 6.45) is 5.66. The van der Waals surface area contributed by atoms with Gasteiger partial charge >= 0.3 is 5.97 Å². The van der Waals surface area contributed by atoms with Crippen LogP contribution in [0, 0.1) is 5.92 Å². The van der Waals surface area contributed by atoms with E-state index in [-0.39, 0.29) is 41.8 Å². The van der Waals surface area contributed by atoms with Crippen molar-refractivity contribution in [2.45, 2.75) is 69.9 Å². The van der Waals surface area contributed by atoms with Gasteiger partial charge in [0.15, 0.2) is 11.5 Å². The number of hydrogen-bond donors (Lipinski definition) is 1. The standard InChI is InChI=1S/C26H37NO7/c1-16(2)7-8-22-25(3,34-22)21-13-18(9-10-26(21)15-32-26)33-23(28)14-27-17-11-19(29-4)24(31-6)20(12-17)30-5/h7,11-12,18,21-22,27H,8-10,13-15H2,1-6H3/t18-,21?,22-,25-,26+/m1/s1. The molecule has 5 atom stereocenters. The number of anilines is 1. The molecule has 1 N–H and O–H groups in total. The van der Waals surface area contributed by atoms with E-state index in [1.165, 1.54) is 5.57 Å². The number of carbonyl (C=O) groups is 1. The average molecular weight is 476 g/mol. The highest BCUT2D eigenvalue weighted by atomic mass is 16.6. The van der Waals surface area contributed by atoms with Gasteiger partial charge in [-0.25, -0.2) is 0 Å². The second kappa shape index (κ2) is 9.66. The molecule has 0 bridgehead atoms. The summed E-state index contributed by atoms with van der Waals surface area (Å²) in [5, 5.41) is 3.11. The predicted molar refractivity (Wildman–Crippen MR) is 128 cm³/mol. The number of methoxy groups -OCH3 is 3. The molecule has 1 aromatic rings. The lowest BCUT2D eigenvalue weighted by molar-refractivity contribution is -0.151. The molecule has 3 fully saturated rings. The van der Waals surface area contributed by atoms with E-state index < -0.39 is 0 Å². The van der Waals surface area contributed by atoms with E-state index in [0.717, 1.165) is 32.3 Å². The fourth-order valence-electron chi connectivity index (χ4n) is 5.27. The number of nitrogens with one attached hydrogen (secondary N) is 1. The Kier molecular flexibility index (Phi) is 7.01. The summed E-state index contributed by atoms with van der Waals surface area (Å²) < 4.78 is 34.1. The van der Waals surface area contributed by atoms with Crippen molar-refractivity contribution in [3.63, 3.8) is 0 Å². The van der Waals surface area contributed by atoms with E-state index in [1.54, 1.807) is 33.5 Å². The van der Waals surface area contributed by atoms with Gasteiger partial charge in [-0.15, -0.1) is 0 Å². The zero-order chi connectivity index (χ0) is 24.5. The SMILES string of the molecule is COc1cc(NCC(=O)O[C@@H]2CC[C@]3(CO3)C([C@@]3(C)O[C@@H]3CC=C(C)C)C2)cc(OC)c1OC. The quantitative estimate of drug-likeness (QED) is 0.307. The zero-order valence-corrected chi connectivity index (χ0v) is 21.1. The van der Waals surface area contributed by atoms with Crippen molar-refractivity contribution in [3.8, 4) is 17.2 Å². The highest BCUT2D eigenvalue weighted by Gasteiger charge is 2.68. The minimum atomic E-state index is -0.298. The maximum atomic E-state index is 12.7. The molecule has 1 aliphatic carbocycles. The minimum absolute atomic E-state index is 0.0401. The normalized spacial score (nSPS) is 31.4. The minimum Gasteiger partial charge on any atom is -0.493 e. The van der Waals surface area contributed by atoms with Crippen LogP contribution < -0.4 is 19.5 Å². The van der Waals surface area contributed by atoms with Gasteiger partial charge in [-0.3, -0.25) is 4.79 Å². The maximum Gasteiger partial charge on any atom is 0.325 e. The van der Waals surface area contributed by atoms with Crippen LogP contribution in [0.4, 0.5) is 5.69 Å². The van der Waals surface area contributed by atoms with E-state index >= 15 is 0 Å². The number of epoxide rings is 2. The monoisotopic (exact) mass is 475 g/mol. The number of benzene rings is 1. The van der Waals surface area contributed by atoms with Crippen LogP contribution in [0.1, 0.15) is 46.5 Å². The third-order valence-electron chi connectivity index (χ3n) is 7.35. The first-order valence-corrected chi connectivity index (χ1v) is 11.9. The molecule has 1 aromatic carbocycles. The Morgan fingerprint density at radius 1 is 1.18 bits per heavy atom. The first-order valence-electron chi connectivity index (χ1n) is 11.9. The molecule has 34 heavy (non-hydrogen) atoms. The van der Waals surface area contributed by atoms with Gasteiger partial charge in [0.1, 0.15) is 12.6 Å². The molecule has 3 aliphatic rings. The zero-order valence-electron chi connectivity index (χ0n) is 21.1. The number of rotatable bonds is 10. The number of ether oxygens (including phenoxy) is 6. The lowest BCUT2D eigenvalue weighted by atomic mass is 9.70. The molecule has 8 heteroatoms. The smallest absolute Gasteiger partial charge is 0.325 e. The van der Waals surface area contributed by atoms with Crippen molar-refractivity contribution in [2.24, 2.45) is 5.92 Å². The maximum absolute atomic E-state index is 12.7. The third-order valence-corrected chi connectivity index (χ3v) is 7.35. The summed E-state index contributed by atoms with van der Waals surface area (Å²) in [5.41, 5.74) is 1.65. The molecular formula is C26H37NO7. The molecule has 2 saturated heterocycles. The molecular weight excluding hydrogens is 438 g/mol. The van der Waals surface area contributed by atoms with E-state index in [1.807, 2.05) is 0 Å². The van der Waals surface area contributed by atoms with E-state index in [0.29, 0.717) is 22.9 Å². The Labute approximate surface area is 201 Å². The van der Waals surface area contributed by atoms with Crippen molar-refractivity contribution in [3.05, 3.63) is 23.8 Å². The van der Waals surface area contributed by atoms with Crippen LogP contribution >= 0.6 is 0 Å².